The molecule has 0 saturated carbocycles. The summed E-state index contributed by atoms with van der Waals surface area (Å²) in [6.07, 6.45) is 6.85. The van der Waals surface area contributed by atoms with E-state index < -0.39 is 12.1 Å². The molecule has 0 aromatic heterocycles. The van der Waals surface area contributed by atoms with Crippen molar-refractivity contribution in [3.05, 3.63) is 42.0 Å². The van der Waals surface area contributed by atoms with Gasteiger partial charge in [-0.05, 0) is 24.0 Å². The summed E-state index contributed by atoms with van der Waals surface area (Å²) >= 11 is 1.65. The van der Waals surface area contributed by atoms with E-state index in [1.54, 1.807) is 11.8 Å². The molecular formula is C19H28N4O2S. The molecule has 1 fully saturated rings. The number of nitrogens with zero attached hydrogens (tertiary/aromatic N) is 2. The molecule has 6 nitrogen and oxygen atoms in total. The van der Waals surface area contributed by atoms with E-state index in [0.717, 1.165) is 25.4 Å². The second-order valence-electron chi connectivity index (χ2n) is 6.28. The number of primary amides is 1. The second kappa shape index (κ2) is 10.9. The normalized spacial score (nSPS) is 16.6. The lowest BCUT2D eigenvalue weighted by molar-refractivity contribution is -0.134. The molecular weight excluding hydrogens is 348 g/mol. The third-order valence-electron chi connectivity index (χ3n) is 4.38. The van der Waals surface area contributed by atoms with Gasteiger partial charge in [0.2, 0.25) is 5.91 Å². The van der Waals surface area contributed by atoms with Crippen LogP contribution >= 0.6 is 11.8 Å². The third-order valence-corrected chi connectivity index (χ3v) is 5.03. The van der Waals surface area contributed by atoms with Gasteiger partial charge in [0.25, 0.3) is 0 Å². The van der Waals surface area contributed by atoms with Crippen LogP contribution in [-0.2, 0) is 4.79 Å². The Hall–Kier alpha value is -1.99. The average Bonchev–Trinajstić information content (AvgIpc) is 2.66. The van der Waals surface area contributed by atoms with Crippen LogP contribution in [0.3, 0.4) is 0 Å². The van der Waals surface area contributed by atoms with Crippen LogP contribution in [0.1, 0.15) is 12.0 Å². The Balaban J connectivity index is 1.79. The molecule has 7 heteroatoms. The van der Waals surface area contributed by atoms with Crippen LogP contribution in [0.4, 0.5) is 4.79 Å². The minimum absolute atomic E-state index is 0.0303. The smallest absolute Gasteiger partial charge is 0.312 e. The van der Waals surface area contributed by atoms with Gasteiger partial charge in [-0.2, -0.15) is 11.8 Å². The molecule has 1 aromatic carbocycles. The molecule has 1 saturated heterocycles. The maximum absolute atomic E-state index is 12.7. The minimum Gasteiger partial charge on any atom is -0.352 e. The Morgan fingerprint density at radius 1 is 1.23 bits per heavy atom. The van der Waals surface area contributed by atoms with Crippen LogP contribution in [0, 0.1) is 0 Å². The highest BCUT2D eigenvalue weighted by atomic mass is 32.2. The number of benzene rings is 1. The van der Waals surface area contributed by atoms with E-state index in [2.05, 4.69) is 34.5 Å². The Labute approximate surface area is 159 Å². The van der Waals surface area contributed by atoms with E-state index in [1.807, 2.05) is 29.4 Å². The lowest BCUT2D eigenvalue weighted by Crippen LogP contribution is -2.55. The van der Waals surface area contributed by atoms with Crippen molar-refractivity contribution < 1.29 is 9.59 Å². The second-order valence-corrected chi connectivity index (χ2v) is 7.27. The Bertz CT molecular complexity index is 601. The van der Waals surface area contributed by atoms with Gasteiger partial charge in [0, 0.05) is 32.7 Å². The first-order valence-corrected chi connectivity index (χ1v) is 10.3. The van der Waals surface area contributed by atoms with E-state index in [4.69, 9.17) is 5.73 Å². The van der Waals surface area contributed by atoms with Gasteiger partial charge in [-0.3, -0.25) is 9.69 Å². The number of piperazine rings is 1. The van der Waals surface area contributed by atoms with Crippen molar-refractivity contribution >= 4 is 29.8 Å². The maximum atomic E-state index is 12.7. The molecule has 1 aliphatic rings. The fourth-order valence-electron chi connectivity index (χ4n) is 2.94. The first-order chi connectivity index (χ1) is 12.6. The highest BCUT2D eigenvalue weighted by Gasteiger charge is 2.27. The third kappa shape index (κ3) is 6.72. The zero-order valence-electron chi connectivity index (χ0n) is 15.3. The van der Waals surface area contributed by atoms with Crippen molar-refractivity contribution in [2.75, 3.05) is 44.7 Å². The molecule has 1 heterocycles. The SMILES string of the molecule is CSCCC(NC(N)=O)C(=O)N1CCN(C/C=C/c2ccccc2)CC1. The summed E-state index contributed by atoms with van der Waals surface area (Å²) in [4.78, 5) is 28.0. The monoisotopic (exact) mass is 376 g/mol. The zero-order chi connectivity index (χ0) is 18.8. The Morgan fingerprint density at radius 2 is 1.92 bits per heavy atom. The van der Waals surface area contributed by atoms with Crippen LogP contribution in [0.15, 0.2) is 36.4 Å². The van der Waals surface area contributed by atoms with Gasteiger partial charge >= 0.3 is 6.03 Å². The van der Waals surface area contributed by atoms with E-state index >= 15 is 0 Å². The molecule has 0 bridgehead atoms. The predicted molar refractivity (Wildman–Crippen MR) is 108 cm³/mol. The Kier molecular flexibility index (Phi) is 8.50. The number of carbonyl (C=O) groups excluding carboxylic acids is 2. The van der Waals surface area contributed by atoms with Crippen molar-refractivity contribution in [3.8, 4) is 0 Å². The van der Waals surface area contributed by atoms with Crippen LogP contribution in [0.5, 0.6) is 0 Å². The average molecular weight is 377 g/mol. The summed E-state index contributed by atoms with van der Waals surface area (Å²) in [5.41, 5.74) is 6.40. The summed E-state index contributed by atoms with van der Waals surface area (Å²) in [5, 5.41) is 2.58. The first kappa shape index (κ1) is 20.3. The van der Waals surface area contributed by atoms with Gasteiger partial charge in [-0.25, -0.2) is 4.79 Å². The van der Waals surface area contributed by atoms with Crippen molar-refractivity contribution in [3.63, 3.8) is 0 Å². The molecule has 142 valence electrons. The topological polar surface area (TPSA) is 78.7 Å². The summed E-state index contributed by atoms with van der Waals surface area (Å²) in [5.74, 6) is 0.776. The fourth-order valence-corrected chi connectivity index (χ4v) is 3.41. The van der Waals surface area contributed by atoms with Crippen LogP contribution < -0.4 is 11.1 Å². The highest BCUT2D eigenvalue weighted by molar-refractivity contribution is 7.98. The van der Waals surface area contributed by atoms with Crippen molar-refractivity contribution in [1.82, 2.24) is 15.1 Å². The molecule has 0 radical (unpaired) electrons. The molecule has 26 heavy (non-hydrogen) atoms. The van der Waals surface area contributed by atoms with Gasteiger partial charge in [-0.15, -0.1) is 0 Å². The number of urea groups is 1. The quantitative estimate of drug-likeness (QED) is 0.723. The number of hydrogen-bond donors (Lipinski definition) is 2. The largest absolute Gasteiger partial charge is 0.352 e. The molecule has 2 rings (SSSR count). The van der Waals surface area contributed by atoms with Crippen molar-refractivity contribution in [1.29, 1.82) is 0 Å². The predicted octanol–water partition coefficient (Wildman–Crippen LogP) is 1.63. The number of thioether (sulfide) groups is 1. The number of hydrogen-bond acceptors (Lipinski definition) is 4. The van der Waals surface area contributed by atoms with Crippen molar-refractivity contribution in [2.24, 2.45) is 5.73 Å². The van der Waals surface area contributed by atoms with Crippen LogP contribution in [-0.4, -0.2) is 72.5 Å². The van der Waals surface area contributed by atoms with Gasteiger partial charge in [0.1, 0.15) is 6.04 Å². The van der Waals surface area contributed by atoms with Gasteiger partial charge in [-0.1, -0.05) is 42.5 Å². The number of carbonyl (C=O) groups is 2. The molecule has 1 unspecified atom stereocenters. The standard InChI is InChI=1S/C19H28N4O2S/c1-26-15-9-17(21-19(20)25)18(24)23-13-11-22(12-14-23)10-5-8-16-6-3-2-4-7-16/h2-8,17H,9-15H2,1H3,(H3,20,21,25)/b8-5+. The van der Waals surface area contributed by atoms with E-state index in [-0.39, 0.29) is 5.91 Å². The molecule has 1 atom stereocenters. The molecule has 1 aliphatic heterocycles. The van der Waals surface area contributed by atoms with Gasteiger partial charge in [0.05, 0.1) is 0 Å². The summed E-state index contributed by atoms with van der Waals surface area (Å²) in [6.45, 7) is 3.88. The fraction of sp³-hybridized carbons (Fsp3) is 0.474. The molecule has 1 aromatic rings. The van der Waals surface area contributed by atoms with E-state index in [9.17, 15) is 9.59 Å². The van der Waals surface area contributed by atoms with Crippen LogP contribution in [0.2, 0.25) is 0 Å². The van der Waals surface area contributed by atoms with Gasteiger partial charge in [0.15, 0.2) is 0 Å². The van der Waals surface area contributed by atoms with E-state index in [0.29, 0.717) is 19.5 Å². The Morgan fingerprint density at radius 3 is 2.54 bits per heavy atom. The molecule has 3 amide bonds. The van der Waals surface area contributed by atoms with Gasteiger partial charge < -0.3 is 16.0 Å². The summed E-state index contributed by atoms with van der Waals surface area (Å²) in [7, 11) is 0. The summed E-state index contributed by atoms with van der Waals surface area (Å²) < 4.78 is 0. The number of nitrogens with two attached hydrogens (primary N) is 1. The van der Waals surface area contributed by atoms with E-state index in [1.165, 1.54) is 5.56 Å². The number of rotatable bonds is 8. The minimum atomic E-state index is -0.644. The number of amides is 3. The van der Waals surface area contributed by atoms with Crippen molar-refractivity contribution in [2.45, 2.75) is 12.5 Å². The maximum Gasteiger partial charge on any atom is 0.312 e. The number of nitrogens with one attached hydrogen (secondary N) is 1. The first-order valence-electron chi connectivity index (χ1n) is 8.88. The molecule has 0 aliphatic carbocycles. The molecule has 3 N–H and O–H groups in total. The van der Waals surface area contributed by atoms with Crippen LogP contribution in [0.25, 0.3) is 6.08 Å². The highest BCUT2D eigenvalue weighted by Crippen LogP contribution is 2.09. The summed E-state index contributed by atoms with van der Waals surface area (Å²) in [6, 6.07) is 9.04. The molecule has 0 spiro atoms. The zero-order valence-corrected chi connectivity index (χ0v) is 16.1. The lowest BCUT2D eigenvalue weighted by atomic mass is 10.1. The lowest BCUT2D eigenvalue weighted by Gasteiger charge is -2.36.